The van der Waals surface area contributed by atoms with Gasteiger partial charge in [-0.25, -0.2) is 4.39 Å². The molecule has 1 nitrogen and oxygen atoms in total. The monoisotopic (exact) mass is 167 g/mol. The zero-order valence-electron chi connectivity index (χ0n) is 7.98. The van der Waals surface area contributed by atoms with Crippen molar-refractivity contribution < 1.29 is 4.39 Å². The maximum atomic E-state index is 13.3. The summed E-state index contributed by atoms with van der Waals surface area (Å²) in [5.74, 6) is -0.157. The Labute approximate surface area is 72.6 Å². The van der Waals surface area contributed by atoms with Gasteiger partial charge in [-0.3, -0.25) is 4.98 Å². The van der Waals surface area contributed by atoms with E-state index in [0.717, 1.165) is 5.69 Å². The predicted molar refractivity (Wildman–Crippen MR) is 47.6 cm³/mol. The maximum absolute atomic E-state index is 13.3. The molecule has 0 aromatic carbocycles. The van der Waals surface area contributed by atoms with Crippen LogP contribution < -0.4 is 0 Å². The number of aromatic nitrogens is 1. The number of halogens is 1. The molecule has 0 unspecified atom stereocenters. The number of hydrogen-bond donors (Lipinski definition) is 0. The van der Waals surface area contributed by atoms with Crippen LogP contribution in [0.15, 0.2) is 12.3 Å². The van der Waals surface area contributed by atoms with Crippen LogP contribution in [0.2, 0.25) is 0 Å². The molecule has 0 spiro atoms. The van der Waals surface area contributed by atoms with Crippen LogP contribution in [0, 0.1) is 12.7 Å². The van der Waals surface area contributed by atoms with Crippen LogP contribution in [0.25, 0.3) is 0 Å². The van der Waals surface area contributed by atoms with E-state index in [2.05, 4.69) is 4.98 Å². The Bertz CT molecular complexity index is 266. The highest BCUT2D eigenvalue weighted by Crippen LogP contribution is 2.26. The van der Waals surface area contributed by atoms with Crippen molar-refractivity contribution in [3.8, 4) is 0 Å². The molecule has 0 aliphatic heterocycles. The van der Waals surface area contributed by atoms with Crippen molar-refractivity contribution in [1.29, 1.82) is 0 Å². The molecule has 0 aliphatic rings. The highest BCUT2D eigenvalue weighted by molar-refractivity contribution is 5.27. The van der Waals surface area contributed by atoms with Crippen molar-refractivity contribution in [2.24, 2.45) is 0 Å². The summed E-state index contributed by atoms with van der Waals surface area (Å²) in [5, 5.41) is 0. The molecule has 12 heavy (non-hydrogen) atoms. The molecule has 0 bridgehead atoms. The maximum Gasteiger partial charge on any atom is 0.130 e. The van der Waals surface area contributed by atoms with Crippen LogP contribution in [0.1, 0.15) is 32.0 Å². The minimum absolute atomic E-state index is 0.157. The molecule has 0 fully saturated rings. The van der Waals surface area contributed by atoms with Gasteiger partial charge in [0, 0.05) is 17.5 Å². The van der Waals surface area contributed by atoms with Gasteiger partial charge in [0.2, 0.25) is 0 Å². The Morgan fingerprint density at radius 3 is 2.25 bits per heavy atom. The topological polar surface area (TPSA) is 12.9 Å². The van der Waals surface area contributed by atoms with E-state index in [4.69, 9.17) is 0 Å². The standard InChI is InChI=1S/C10H14FN/c1-7-9(10(2,3)4)8(11)5-6-12-7/h5-6H,1-4H3. The number of pyridine rings is 1. The normalized spacial score (nSPS) is 11.8. The minimum Gasteiger partial charge on any atom is -0.261 e. The van der Waals surface area contributed by atoms with Gasteiger partial charge in [-0.15, -0.1) is 0 Å². The van der Waals surface area contributed by atoms with E-state index in [0.29, 0.717) is 5.56 Å². The fourth-order valence-electron chi connectivity index (χ4n) is 1.44. The minimum atomic E-state index is -0.164. The van der Waals surface area contributed by atoms with E-state index >= 15 is 0 Å². The Kier molecular flexibility index (Phi) is 2.18. The van der Waals surface area contributed by atoms with E-state index < -0.39 is 0 Å². The zero-order chi connectivity index (χ0) is 9.35. The molecular formula is C10H14FN. The summed E-state index contributed by atoms with van der Waals surface area (Å²) >= 11 is 0. The molecule has 2 heteroatoms. The highest BCUT2D eigenvalue weighted by Gasteiger charge is 2.20. The van der Waals surface area contributed by atoms with Crippen LogP contribution in [-0.2, 0) is 5.41 Å². The van der Waals surface area contributed by atoms with Crippen molar-refractivity contribution in [2.75, 3.05) is 0 Å². The predicted octanol–water partition coefficient (Wildman–Crippen LogP) is 2.83. The lowest BCUT2D eigenvalue weighted by Crippen LogP contribution is -2.16. The Morgan fingerprint density at radius 2 is 1.92 bits per heavy atom. The molecule has 1 heterocycles. The first-order chi connectivity index (χ1) is 5.43. The SMILES string of the molecule is Cc1nccc(F)c1C(C)(C)C. The van der Waals surface area contributed by atoms with Crippen molar-refractivity contribution >= 4 is 0 Å². The van der Waals surface area contributed by atoms with E-state index in [9.17, 15) is 4.39 Å². The molecule has 0 N–H and O–H groups in total. The average molecular weight is 167 g/mol. The molecule has 0 atom stereocenters. The zero-order valence-corrected chi connectivity index (χ0v) is 7.98. The van der Waals surface area contributed by atoms with E-state index in [-0.39, 0.29) is 11.2 Å². The molecule has 66 valence electrons. The van der Waals surface area contributed by atoms with Crippen LogP contribution in [0.4, 0.5) is 4.39 Å². The molecular weight excluding hydrogens is 153 g/mol. The van der Waals surface area contributed by atoms with Gasteiger partial charge in [-0.2, -0.15) is 0 Å². The quantitative estimate of drug-likeness (QED) is 0.579. The third-order valence-corrected chi connectivity index (χ3v) is 1.84. The summed E-state index contributed by atoms with van der Waals surface area (Å²) in [6, 6.07) is 1.41. The fraction of sp³-hybridized carbons (Fsp3) is 0.500. The lowest BCUT2D eigenvalue weighted by molar-refractivity contribution is 0.515. The summed E-state index contributed by atoms with van der Waals surface area (Å²) < 4.78 is 13.3. The first-order valence-corrected chi connectivity index (χ1v) is 4.04. The van der Waals surface area contributed by atoms with Gasteiger partial charge in [-0.05, 0) is 18.4 Å². The Hall–Kier alpha value is -0.920. The number of rotatable bonds is 0. The lowest BCUT2D eigenvalue weighted by atomic mass is 9.86. The number of nitrogens with zero attached hydrogens (tertiary/aromatic N) is 1. The van der Waals surface area contributed by atoms with Gasteiger partial charge < -0.3 is 0 Å². The highest BCUT2D eigenvalue weighted by atomic mass is 19.1. The number of aryl methyl sites for hydroxylation is 1. The molecule has 1 aromatic heterocycles. The summed E-state index contributed by atoms with van der Waals surface area (Å²) in [5.41, 5.74) is 1.33. The van der Waals surface area contributed by atoms with Crippen molar-refractivity contribution in [3.05, 3.63) is 29.3 Å². The smallest absolute Gasteiger partial charge is 0.130 e. The van der Waals surface area contributed by atoms with E-state index in [1.807, 2.05) is 27.7 Å². The van der Waals surface area contributed by atoms with E-state index in [1.165, 1.54) is 12.3 Å². The molecule has 0 saturated carbocycles. The second-order valence-corrected chi connectivity index (χ2v) is 4.00. The summed E-state index contributed by atoms with van der Waals surface area (Å²) in [6.45, 7) is 7.80. The molecule has 1 rings (SSSR count). The van der Waals surface area contributed by atoms with Gasteiger partial charge in [0.15, 0.2) is 0 Å². The average Bonchev–Trinajstić information content (AvgIpc) is 1.82. The molecule has 0 aliphatic carbocycles. The largest absolute Gasteiger partial charge is 0.261 e. The second kappa shape index (κ2) is 2.85. The fourth-order valence-corrected chi connectivity index (χ4v) is 1.44. The molecule has 0 amide bonds. The Morgan fingerprint density at radius 1 is 1.33 bits per heavy atom. The van der Waals surface area contributed by atoms with Gasteiger partial charge in [0.25, 0.3) is 0 Å². The summed E-state index contributed by atoms with van der Waals surface area (Å²) in [7, 11) is 0. The number of hydrogen-bond acceptors (Lipinski definition) is 1. The van der Waals surface area contributed by atoms with Crippen LogP contribution in [-0.4, -0.2) is 4.98 Å². The van der Waals surface area contributed by atoms with E-state index in [1.54, 1.807) is 0 Å². The van der Waals surface area contributed by atoms with Crippen molar-refractivity contribution in [3.63, 3.8) is 0 Å². The molecule has 0 radical (unpaired) electrons. The van der Waals surface area contributed by atoms with Gasteiger partial charge in [0.1, 0.15) is 5.82 Å². The Balaban J connectivity index is 3.31. The molecule has 0 saturated heterocycles. The summed E-state index contributed by atoms with van der Waals surface area (Å²) in [6.07, 6.45) is 1.50. The van der Waals surface area contributed by atoms with Gasteiger partial charge in [0.05, 0.1) is 0 Å². The van der Waals surface area contributed by atoms with Gasteiger partial charge in [-0.1, -0.05) is 20.8 Å². The first-order valence-electron chi connectivity index (χ1n) is 4.04. The van der Waals surface area contributed by atoms with Crippen LogP contribution in [0.3, 0.4) is 0 Å². The van der Waals surface area contributed by atoms with Crippen molar-refractivity contribution in [1.82, 2.24) is 4.98 Å². The third-order valence-electron chi connectivity index (χ3n) is 1.84. The lowest BCUT2D eigenvalue weighted by Gasteiger charge is -2.21. The third kappa shape index (κ3) is 1.63. The van der Waals surface area contributed by atoms with Gasteiger partial charge >= 0.3 is 0 Å². The van der Waals surface area contributed by atoms with Crippen LogP contribution >= 0.6 is 0 Å². The first kappa shape index (κ1) is 9.17. The van der Waals surface area contributed by atoms with Crippen molar-refractivity contribution in [2.45, 2.75) is 33.1 Å². The second-order valence-electron chi connectivity index (χ2n) is 4.00. The van der Waals surface area contributed by atoms with Crippen LogP contribution in [0.5, 0.6) is 0 Å². The molecule has 1 aromatic rings. The summed E-state index contributed by atoms with van der Waals surface area (Å²) in [4.78, 5) is 4.07.